The molecule has 1 aliphatic rings. The number of fused-ring (bicyclic) bond motifs is 4. The molecule has 0 bridgehead atoms. The fraction of sp³-hybridized carbons (Fsp3) is 0.0690. The molecule has 0 saturated carbocycles. The number of ether oxygens (including phenoxy) is 3. The standard InChI is InChI=1S/C29H19N3O5/c1-34-18-11-12-22-16(13-18)14-20(28(32-22)35-17-7-3-2-4-8-17)24-21(15-30)27(31)37-26-19-9-5-6-10-23(19)36-29(33)25(24)26/h2-14,24H,31H2,1H3. The molecule has 0 saturated heterocycles. The molecule has 6 rings (SSSR count). The van der Waals surface area contributed by atoms with E-state index >= 15 is 0 Å². The number of nitrogens with two attached hydrogens (primary N) is 1. The second-order valence-corrected chi connectivity index (χ2v) is 8.41. The molecule has 1 atom stereocenters. The monoisotopic (exact) mass is 489 g/mol. The first-order chi connectivity index (χ1) is 18.1. The first kappa shape index (κ1) is 22.2. The number of hydrogen-bond acceptors (Lipinski definition) is 8. The summed E-state index contributed by atoms with van der Waals surface area (Å²) in [5.41, 5.74) is 7.25. The second kappa shape index (κ2) is 8.73. The van der Waals surface area contributed by atoms with Crippen LogP contribution in [0.2, 0.25) is 0 Å². The molecule has 0 radical (unpaired) electrons. The molecule has 37 heavy (non-hydrogen) atoms. The van der Waals surface area contributed by atoms with Crippen LogP contribution in [0.5, 0.6) is 23.1 Å². The van der Waals surface area contributed by atoms with Crippen LogP contribution in [0.4, 0.5) is 0 Å². The molecule has 8 nitrogen and oxygen atoms in total. The number of benzene rings is 3. The average Bonchev–Trinajstić information content (AvgIpc) is 2.92. The number of methoxy groups -OCH3 is 1. The van der Waals surface area contributed by atoms with Gasteiger partial charge in [-0.1, -0.05) is 30.3 Å². The molecule has 0 fully saturated rings. The van der Waals surface area contributed by atoms with E-state index in [-0.39, 0.29) is 28.6 Å². The van der Waals surface area contributed by atoms with Crippen molar-refractivity contribution in [2.75, 3.05) is 7.11 Å². The van der Waals surface area contributed by atoms with E-state index in [0.717, 1.165) is 5.39 Å². The highest BCUT2D eigenvalue weighted by atomic mass is 16.5. The van der Waals surface area contributed by atoms with Gasteiger partial charge in [-0.25, -0.2) is 9.78 Å². The lowest BCUT2D eigenvalue weighted by molar-refractivity contribution is 0.385. The molecule has 1 unspecified atom stereocenters. The largest absolute Gasteiger partial charge is 0.497 e. The van der Waals surface area contributed by atoms with Crippen molar-refractivity contribution in [1.29, 1.82) is 5.26 Å². The van der Waals surface area contributed by atoms with Gasteiger partial charge in [0.25, 0.3) is 0 Å². The van der Waals surface area contributed by atoms with Crippen molar-refractivity contribution in [2.45, 2.75) is 5.92 Å². The zero-order valence-corrected chi connectivity index (χ0v) is 19.6. The highest BCUT2D eigenvalue weighted by Crippen LogP contribution is 2.46. The summed E-state index contributed by atoms with van der Waals surface area (Å²) in [6.45, 7) is 0. The topological polar surface area (TPSA) is 121 Å². The Kier molecular flexibility index (Phi) is 5.24. The zero-order chi connectivity index (χ0) is 25.5. The second-order valence-electron chi connectivity index (χ2n) is 8.41. The van der Waals surface area contributed by atoms with E-state index in [4.69, 9.17) is 29.3 Å². The number of allylic oxidation sites excluding steroid dienone is 1. The summed E-state index contributed by atoms with van der Waals surface area (Å²) in [5.74, 6) is 0.575. The van der Waals surface area contributed by atoms with E-state index in [9.17, 15) is 10.1 Å². The van der Waals surface area contributed by atoms with Crippen molar-refractivity contribution in [2.24, 2.45) is 5.73 Å². The third kappa shape index (κ3) is 3.70. The first-order valence-electron chi connectivity index (χ1n) is 11.4. The maximum atomic E-state index is 13.4. The van der Waals surface area contributed by atoms with Crippen LogP contribution in [-0.2, 0) is 0 Å². The van der Waals surface area contributed by atoms with Gasteiger partial charge in [-0.3, -0.25) is 0 Å². The Balaban J connectivity index is 1.68. The summed E-state index contributed by atoms with van der Waals surface area (Å²) in [6, 6.07) is 25.5. The third-order valence-corrected chi connectivity index (χ3v) is 6.26. The summed E-state index contributed by atoms with van der Waals surface area (Å²) in [6.07, 6.45) is 0. The molecule has 0 aliphatic carbocycles. The van der Waals surface area contributed by atoms with Crippen molar-refractivity contribution in [3.63, 3.8) is 0 Å². The lowest BCUT2D eigenvalue weighted by Gasteiger charge is -2.27. The zero-order valence-electron chi connectivity index (χ0n) is 19.6. The average molecular weight is 489 g/mol. The van der Waals surface area contributed by atoms with Crippen molar-refractivity contribution in [3.8, 4) is 29.2 Å². The van der Waals surface area contributed by atoms with Crippen LogP contribution in [-0.4, -0.2) is 12.1 Å². The molecule has 180 valence electrons. The quantitative estimate of drug-likeness (QED) is 0.335. The Morgan fingerprint density at radius 1 is 1.00 bits per heavy atom. The van der Waals surface area contributed by atoms with E-state index in [1.165, 1.54) is 0 Å². The van der Waals surface area contributed by atoms with Gasteiger partial charge >= 0.3 is 5.63 Å². The van der Waals surface area contributed by atoms with E-state index in [1.807, 2.05) is 36.4 Å². The Hall–Kier alpha value is -5.29. The lowest BCUT2D eigenvalue weighted by atomic mass is 9.83. The number of aromatic nitrogens is 1. The maximum Gasteiger partial charge on any atom is 0.344 e. The van der Waals surface area contributed by atoms with Crippen molar-refractivity contribution >= 4 is 21.9 Å². The molecular weight excluding hydrogens is 470 g/mol. The predicted molar refractivity (Wildman–Crippen MR) is 137 cm³/mol. The van der Waals surface area contributed by atoms with Gasteiger partial charge in [0.2, 0.25) is 11.8 Å². The molecule has 1 aliphatic heterocycles. The van der Waals surface area contributed by atoms with Gasteiger partial charge in [-0.2, -0.15) is 5.26 Å². The van der Waals surface area contributed by atoms with Crippen LogP contribution in [0.25, 0.3) is 21.9 Å². The van der Waals surface area contributed by atoms with Crippen LogP contribution in [0, 0.1) is 11.3 Å². The molecule has 3 heterocycles. The van der Waals surface area contributed by atoms with Crippen LogP contribution in [0.15, 0.2) is 99.5 Å². The highest BCUT2D eigenvalue weighted by Gasteiger charge is 2.38. The summed E-state index contributed by atoms with van der Waals surface area (Å²) in [7, 11) is 1.57. The third-order valence-electron chi connectivity index (χ3n) is 6.26. The number of nitriles is 1. The predicted octanol–water partition coefficient (Wildman–Crippen LogP) is 5.36. The minimum atomic E-state index is -0.948. The summed E-state index contributed by atoms with van der Waals surface area (Å²) >= 11 is 0. The minimum Gasteiger partial charge on any atom is -0.497 e. The van der Waals surface area contributed by atoms with Crippen molar-refractivity contribution in [3.05, 3.63) is 112 Å². The van der Waals surface area contributed by atoms with E-state index in [2.05, 4.69) is 6.07 Å². The molecule has 2 aromatic heterocycles. The SMILES string of the molecule is COc1ccc2nc(Oc3ccccc3)c(C3C(C#N)=C(N)Oc4c3c(=O)oc3ccccc43)cc2c1. The summed E-state index contributed by atoms with van der Waals surface area (Å²) in [5, 5.41) is 11.4. The van der Waals surface area contributed by atoms with Crippen LogP contribution in [0.3, 0.4) is 0 Å². The normalized spacial score (nSPS) is 14.6. The molecule has 8 heteroatoms. The molecular formula is C29H19N3O5. The van der Waals surface area contributed by atoms with E-state index in [0.29, 0.717) is 33.5 Å². The Morgan fingerprint density at radius 2 is 1.78 bits per heavy atom. The number of hydrogen-bond donors (Lipinski definition) is 1. The van der Waals surface area contributed by atoms with Crippen LogP contribution in [0.1, 0.15) is 17.0 Å². The van der Waals surface area contributed by atoms with Gasteiger partial charge in [-0.05, 0) is 48.5 Å². The fourth-order valence-electron chi connectivity index (χ4n) is 4.55. The first-order valence-corrected chi connectivity index (χ1v) is 11.4. The van der Waals surface area contributed by atoms with Gasteiger partial charge < -0.3 is 24.4 Å². The highest BCUT2D eigenvalue weighted by molar-refractivity contribution is 5.87. The van der Waals surface area contributed by atoms with Gasteiger partial charge in [0.15, 0.2) is 5.75 Å². The smallest absolute Gasteiger partial charge is 0.344 e. The molecule has 5 aromatic rings. The van der Waals surface area contributed by atoms with Crippen molar-refractivity contribution in [1.82, 2.24) is 4.98 Å². The summed E-state index contributed by atoms with van der Waals surface area (Å²) < 4.78 is 23.1. The van der Waals surface area contributed by atoms with E-state index < -0.39 is 11.5 Å². The fourth-order valence-corrected chi connectivity index (χ4v) is 4.55. The molecule has 3 aromatic carbocycles. The van der Waals surface area contributed by atoms with Gasteiger partial charge in [-0.15, -0.1) is 0 Å². The number of nitrogens with zero attached hydrogens (tertiary/aromatic N) is 2. The van der Waals surface area contributed by atoms with Gasteiger partial charge in [0.1, 0.15) is 28.7 Å². The minimum absolute atomic E-state index is 0.0528. The number of pyridine rings is 1. The molecule has 2 N–H and O–H groups in total. The number of para-hydroxylation sites is 2. The molecule has 0 amide bonds. The van der Waals surface area contributed by atoms with E-state index in [1.54, 1.807) is 49.6 Å². The lowest BCUT2D eigenvalue weighted by Crippen LogP contribution is -2.26. The Labute approximate surface area is 210 Å². The molecule has 0 spiro atoms. The maximum absolute atomic E-state index is 13.4. The number of rotatable bonds is 4. The summed E-state index contributed by atoms with van der Waals surface area (Å²) in [4.78, 5) is 18.1. The van der Waals surface area contributed by atoms with Gasteiger partial charge in [0.05, 0.1) is 29.5 Å². The Morgan fingerprint density at radius 3 is 2.57 bits per heavy atom. The van der Waals surface area contributed by atoms with Crippen LogP contribution < -0.4 is 25.6 Å². The van der Waals surface area contributed by atoms with Crippen LogP contribution >= 0.6 is 0 Å². The van der Waals surface area contributed by atoms with Crippen molar-refractivity contribution < 1.29 is 18.6 Å². The Bertz CT molecular complexity index is 1820. The van der Waals surface area contributed by atoms with Gasteiger partial charge in [0, 0.05) is 10.9 Å².